The first-order valence-corrected chi connectivity index (χ1v) is 7.41. The Morgan fingerprint density at radius 1 is 1.22 bits per heavy atom. The Balaban J connectivity index is 1.65. The fraction of sp³-hybridized carbons (Fsp3) is 0.222. The molecule has 0 aliphatic carbocycles. The molecule has 4 nitrogen and oxygen atoms in total. The van der Waals surface area contributed by atoms with Crippen LogP contribution in [0.3, 0.4) is 0 Å². The molecule has 1 aliphatic rings. The molecule has 118 valence electrons. The number of amides is 1. The topological polar surface area (TPSA) is 50.7 Å². The number of nitrogens with one attached hydrogen (secondary N) is 1. The fourth-order valence-electron chi connectivity index (χ4n) is 2.47. The third-order valence-electron chi connectivity index (χ3n) is 3.82. The summed E-state index contributed by atoms with van der Waals surface area (Å²) in [6.45, 7) is 2.07. The number of hydrogen-bond acceptors (Lipinski definition) is 3. The number of oxime groups is 1. The van der Waals surface area contributed by atoms with Gasteiger partial charge in [0.1, 0.15) is 5.82 Å². The number of nitrogens with zero attached hydrogens (tertiary/aromatic N) is 1. The molecule has 0 bridgehead atoms. The zero-order valence-electron chi connectivity index (χ0n) is 12.8. The molecule has 0 aromatic heterocycles. The van der Waals surface area contributed by atoms with Crippen LogP contribution < -0.4 is 5.32 Å². The van der Waals surface area contributed by atoms with E-state index in [4.69, 9.17) is 4.84 Å². The van der Waals surface area contributed by atoms with Crippen molar-refractivity contribution >= 4 is 11.6 Å². The van der Waals surface area contributed by atoms with Crippen molar-refractivity contribution in [1.82, 2.24) is 5.32 Å². The van der Waals surface area contributed by atoms with Crippen molar-refractivity contribution in [3.8, 4) is 0 Å². The predicted molar refractivity (Wildman–Crippen MR) is 85.3 cm³/mol. The monoisotopic (exact) mass is 312 g/mol. The van der Waals surface area contributed by atoms with Crippen LogP contribution in [0.1, 0.15) is 24.5 Å². The van der Waals surface area contributed by atoms with Crippen molar-refractivity contribution in [2.24, 2.45) is 5.16 Å². The highest BCUT2D eigenvalue weighted by atomic mass is 19.1. The van der Waals surface area contributed by atoms with E-state index in [1.54, 1.807) is 25.1 Å². The van der Waals surface area contributed by atoms with Crippen LogP contribution in [0.5, 0.6) is 0 Å². The maximum Gasteiger partial charge on any atom is 0.267 e. The number of rotatable bonds is 4. The molecule has 1 aliphatic heterocycles. The molecule has 1 amide bonds. The fourth-order valence-corrected chi connectivity index (χ4v) is 2.47. The van der Waals surface area contributed by atoms with Gasteiger partial charge in [0.2, 0.25) is 5.60 Å². The van der Waals surface area contributed by atoms with Gasteiger partial charge in [-0.3, -0.25) is 4.79 Å². The Morgan fingerprint density at radius 2 is 1.91 bits per heavy atom. The summed E-state index contributed by atoms with van der Waals surface area (Å²) in [5.74, 6) is -0.639. The molecule has 2 aromatic rings. The molecular formula is C18H17FN2O2. The van der Waals surface area contributed by atoms with E-state index in [2.05, 4.69) is 10.5 Å². The minimum atomic E-state index is -1.12. The number of halogens is 1. The second kappa shape index (κ2) is 6.20. The average molecular weight is 312 g/mol. The lowest BCUT2D eigenvalue weighted by molar-refractivity contribution is -0.141. The molecule has 1 heterocycles. The zero-order valence-corrected chi connectivity index (χ0v) is 12.8. The Labute approximate surface area is 134 Å². The Hall–Kier alpha value is -2.69. The largest absolute Gasteiger partial charge is 0.379 e. The third kappa shape index (κ3) is 3.23. The summed E-state index contributed by atoms with van der Waals surface area (Å²) in [5.41, 5.74) is 0.692. The Morgan fingerprint density at radius 3 is 2.65 bits per heavy atom. The van der Waals surface area contributed by atoms with Gasteiger partial charge in [-0.2, -0.15) is 0 Å². The molecule has 0 fully saturated rings. The SMILES string of the molecule is C[C@]1(C(=O)NCc2ccccc2)CC(c2ccccc2F)=NO1. The van der Waals surface area contributed by atoms with Crippen LogP contribution in [-0.2, 0) is 16.2 Å². The number of carbonyl (C=O) groups excluding carboxylic acids is 1. The average Bonchev–Trinajstić information content (AvgIpc) is 2.97. The van der Waals surface area contributed by atoms with Crippen molar-refractivity contribution in [3.63, 3.8) is 0 Å². The van der Waals surface area contributed by atoms with E-state index in [9.17, 15) is 9.18 Å². The summed E-state index contributed by atoms with van der Waals surface area (Å²) in [4.78, 5) is 17.7. The smallest absolute Gasteiger partial charge is 0.267 e. The predicted octanol–water partition coefficient (Wildman–Crippen LogP) is 3.03. The molecule has 2 aromatic carbocycles. The van der Waals surface area contributed by atoms with Gasteiger partial charge in [-0.1, -0.05) is 53.7 Å². The standard InChI is InChI=1S/C18H17FN2O2/c1-18(17(22)20-12-13-7-3-2-4-8-13)11-16(21-23-18)14-9-5-6-10-15(14)19/h2-10H,11-12H2,1H3,(H,20,22)/t18-/m1/s1. The first kappa shape index (κ1) is 15.2. The molecule has 0 unspecified atom stereocenters. The van der Waals surface area contributed by atoms with Crippen molar-refractivity contribution in [3.05, 3.63) is 71.5 Å². The summed E-state index contributed by atoms with van der Waals surface area (Å²) < 4.78 is 13.8. The number of hydrogen-bond donors (Lipinski definition) is 1. The van der Waals surface area contributed by atoms with Gasteiger partial charge in [-0.05, 0) is 18.6 Å². The van der Waals surface area contributed by atoms with Crippen LogP contribution in [0.15, 0.2) is 59.8 Å². The quantitative estimate of drug-likeness (QED) is 0.943. The van der Waals surface area contributed by atoms with E-state index in [1.807, 2.05) is 30.3 Å². The van der Waals surface area contributed by atoms with Crippen LogP contribution in [0.2, 0.25) is 0 Å². The van der Waals surface area contributed by atoms with Gasteiger partial charge in [0, 0.05) is 18.5 Å². The van der Waals surface area contributed by atoms with Gasteiger partial charge in [0.15, 0.2) is 0 Å². The summed E-state index contributed by atoms with van der Waals surface area (Å²) in [6, 6.07) is 15.9. The number of benzene rings is 2. The minimum absolute atomic E-state index is 0.231. The highest BCUT2D eigenvalue weighted by molar-refractivity contribution is 6.05. The van der Waals surface area contributed by atoms with Crippen LogP contribution >= 0.6 is 0 Å². The van der Waals surface area contributed by atoms with Gasteiger partial charge in [0.05, 0.1) is 5.71 Å². The Bertz CT molecular complexity index is 746. The first-order valence-electron chi connectivity index (χ1n) is 7.41. The molecule has 0 saturated carbocycles. The molecule has 0 saturated heterocycles. The van der Waals surface area contributed by atoms with Gasteiger partial charge < -0.3 is 10.2 Å². The summed E-state index contributed by atoms with van der Waals surface area (Å²) in [7, 11) is 0. The lowest BCUT2D eigenvalue weighted by Gasteiger charge is -2.20. The molecule has 0 radical (unpaired) electrons. The second-order valence-corrected chi connectivity index (χ2v) is 5.69. The maximum atomic E-state index is 13.8. The van der Waals surface area contributed by atoms with E-state index in [0.29, 0.717) is 17.8 Å². The van der Waals surface area contributed by atoms with Crippen LogP contribution in [0.25, 0.3) is 0 Å². The van der Waals surface area contributed by atoms with E-state index in [-0.39, 0.29) is 18.1 Å². The first-order chi connectivity index (χ1) is 11.1. The lowest BCUT2D eigenvalue weighted by atomic mass is 9.95. The summed E-state index contributed by atoms with van der Waals surface area (Å²) >= 11 is 0. The van der Waals surface area contributed by atoms with Gasteiger partial charge in [-0.25, -0.2) is 4.39 Å². The molecule has 0 spiro atoms. The van der Waals surface area contributed by atoms with Crippen molar-refractivity contribution in [2.45, 2.75) is 25.5 Å². The minimum Gasteiger partial charge on any atom is -0.379 e. The van der Waals surface area contributed by atoms with E-state index in [0.717, 1.165) is 5.56 Å². The van der Waals surface area contributed by atoms with Crippen molar-refractivity contribution in [1.29, 1.82) is 0 Å². The summed E-state index contributed by atoms with van der Waals surface area (Å²) in [6.07, 6.45) is 0.231. The van der Waals surface area contributed by atoms with E-state index >= 15 is 0 Å². The van der Waals surface area contributed by atoms with Crippen LogP contribution in [0, 0.1) is 5.82 Å². The van der Waals surface area contributed by atoms with Crippen LogP contribution in [-0.4, -0.2) is 17.2 Å². The molecule has 5 heteroatoms. The maximum absolute atomic E-state index is 13.8. The van der Waals surface area contributed by atoms with Gasteiger partial charge in [-0.15, -0.1) is 0 Å². The molecule has 1 N–H and O–H groups in total. The molecular weight excluding hydrogens is 295 g/mol. The third-order valence-corrected chi connectivity index (χ3v) is 3.82. The highest BCUT2D eigenvalue weighted by Gasteiger charge is 2.42. The van der Waals surface area contributed by atoms with E-state index in [1.165, 1.54) is 6.07 Å². The van der Waals surface area contributed by atoms with Crippen molar-refractivity contribution in [2.75, 3.05) is 0 Å². The normalized spacial score (nSPS) is 19.8. The van der Waals surface area contributed by atoms with Crippen LogP contribution in [0.4, 0.5) is 4.39 Å². The zero-order chi connectivity index (χ0) is 16.3. The van der Waals surface area contributed by atoms with Crippen molar-refractivity contribution < 1.29 is 14.0 Å². The van der Waals surface area contributed by atoms with Gasteiger partial charge in [0.25, 0.3) is 5.91 Å². The molecule has 1 atom stereocenters. The lowest BCUT2D eigenvalue weighted by Crippen LogP contribution is -2.44. The molecule has 3 rings (SSSR count). The molecule has 23 heavy (non-hydrogen) atoms. The van der Waals surface area contributed by atoms with E-state index < -0.39 is 5.60 Å². The highest BCUT2D eigenvalue weighted by Crippen LogP contribution is 2.27. The summed E-state index contributed by atoms with van der Waals surface area (Å²) in [5, 5.41) is 6.75. The van der Waals surface area contributed by atoms with Gasteiger partial charge >= 0.3 is 0 Å². The Kier molecular flexibility index (Phi) is 4.10. The second-order valence-electron chi connectivity index (χ2n) is 5.69. The number of carbonyl (C=O) groups is 1.